The molecule has 0 saturated heterocycles. The lowest BCUT2D eigenvalue weighted by molar-refractivity contribution is -0.111. The van der Waals surface area contributed by atoms with Gasteiger partial charge in [-0.2, -0.15) is 0 Å². The molecular weight excluding hydrogens is 582 g/mol. The molecular formula is C37H45N3O4S. The van der Waals surface area contributed by atoms with E-state index in [9.17, 15) is 4.79 Å². The number of imidazole rings is 1. The van der Waals surface area contributed by atoms with Crippen molar-refractivity contribution in [2.75, 3.05) is 31.7 Å². The van der Waals surface area contributed by atoms with Crippen LogP contribution < -0.4 is 14.8 Å². The average Bonchev–Trinajstić information content (AvgIpc) is 3.48. The van der Waals surface area contributed by atoms with E-state index in [0.717, 1.165) is 76.2 Å². The van der Waals surface area contributed by atoms with Gasteiger partial charge in [0.2, 0.25) is 5.91 Å². The lowest BCUT2D eigenvalue weighted by Gasteiger charge is -2.13. The number of ether oxygens (including phenoxy) is 3. The van der Waals surface area contributed by atoms with Gasteiger partial charge in [0.1, 0.15) is 18.1 Å². The summed E-state index contributed by atoms with van der Waals surface area (Å²) in [5, 5.41) is 4.07. The number of aromatic nitrogens is 2. The number of amides is 1. The molecule has 1 heterocycles. The van der Waals surface area contributed by atoms with Gasteiger partial charge in [0.05, 0.1) is 30.8 Å². The van der Waals surface area contributed by atoms with E-state index in [1.165, 1.54) is 0 Å². The largest absolute Gasteiger partial charge is 0.493 e. The van der Waals surface area contributed by atoms with Gasteiger partial charge in [0.15, 0.2) is 0 Å². The highest BCUT2D eigenvalue weighted by atomic mass is 32.2. The number of carbonyl (C=O) groups excluding carboxylic acids is 1. The Kier molecular flexibility index (Phi) is 13.6. The first-order valence-electron chi connectivity index (χ1n) is 15.8. The lowest BCUT2D eigenvalue weighted by atomic mass is 10.0. The molecule has 8 heteroatoms. The summed E-state index contributed by atoms with van der Waals surface area (Å²) in [6.45, 7) is 11.9. The summed E-state index contributed by atoms with van der Waals surface area (Å²) >= 11 is 1.66. The molecule has 7 nitrogen and oxygen atoms in total. The number of unbranched alkanes of at least 4 members (excludes halogenated alkanes) is 1. The molecule has 238 valence electrons. The minimum absolute atomic E-state index is 0.211. The van der Waals surface area contributed by atoms with Crippen molar-refractivity contribution in [1.29, 1.82) is 0 Å². The zero-order valence-electron chi connectivity index (χ0n) is 26.8. The molecule has 4 aromatic rings. The number of benzene rings is 3. The Labute approximate surface area is 272 Å². The molecule has 0 aliphatic carbocycles. The summed E-state index contributed by atoms with van der Waals surface area (Å²) in [5.74, 6) is 1.71. The van der Waals surface area contributed by atoms with E-state index in [1.54, 1.807) is 17.8 Å². The quantitative estimate of drug-likeness (QED) is 0.0877. The lowest BCUT2D eigenvalue weighted by Crippen LogP contribution is -2.08. The minimum atomic E-state index is -0.211. The van der Waals surface area contributed by atoms with E-state index in [1.807, 2.05) is 85.3 Å². The molecule has 0 fully saturated rings. The topological polar surface area (TPSA) is 74.6 Å². The minimum Gasteiger partial charge on any atom is -0.493 e. The number of anilines is 1. The summed E-state index contributed by atoms with van der Waals surface area (Å²) in [5.41, 5.74) is 3.64. The third kappa shape index (κ3) is 11.1. The second-order valence-electron chi connectivity index (χ2n) is 11.2. The third-order valence-electron chi connectivity index (χ3n) is 6.81. The maximum absolute atomic E-state index is 12.9. The van der Waals surface area contributed by atoms with E-state index in [2.05, 4.69) is 42.6 Å². The van der Waals surface area contributed by atoms with E-state index in [4.69, 9.17) is 14.2 Å². The molecule has 0 spiro atoms. The molecule has 0 aliphatic heterocycles. The smallest absolute Gasteiger partial charge is 0.248 e. The number of hydrogen-bond donors (Lipinski definition) is 1. The third-order valence-corrected chi connectivity index (χ3v) is 7.86. The predicted octanol–water partition coefficient (Wildman–Crippen LogP) is 8.99. The van der Waals surface area contributed by atoms with Crippen LogP contribution in [0.15, 0.2) is 95.3 Å². The predicted molar refractivity (Wildman–Crippen MR) is 184 cm³/mol. The fourth-order valence-electron chi connectivity index (χ4n) is 4.44. The van der Waals surface area contributed by atoms with Crippen LogP contribution >= 0.6 is 11.8 Å². The van der Waals surface area contributed by atoms with E-state index in [0.29, 0.717) is 25.7 Å². The highest BCUT2D eigenvalue weighted by Gasteiger charge is 2.09. The van der Waals surface area contributed by atoms with Crippen LogP contribution in [0.25, 0.3) is 17.2 Å². The second kappa shape index (κ2) is 18.1. The SMILES string of the molecule is CCCCOCCOc1ccc(-c2ccc(OCC(C)C)c(/C=C/C(=O)Nc3ccc(Sc4cncn4CCC)cc3)c2)cc1. The number of carbonyl (C=O) groups is 1. The van der Waals surface area contributed by atoms with Gasteiger partial charge in [-0.25, -0.2) is 4.98 Å². The van der Waals surface area contributed by atoms with Crippen LogP contribution in [0.3, 0.4) is 0 Å². The number of nitrogens with one attached hydrogen (secondary N) is 1. The van der Waals surface area contributed by atoms with Gasteiger partial charge < -0.3 is 24.1 Å². The Morgan fingerprint density at radius 2 is 1.71 bits per heavy atom. The summed E-state index contributed by atoms with van der Waals surface area (Å²) in [7, 11) is 0. The summed E-state index contributed by atoms with van der Waals surface area (Å²) in [6.07, 6.45) is 10.3. The molecule has 0 unspecified atom stereocenters. The molecule has 0 aliphatic rings. The number of rotatable bonds is 18. The normalized spacial score (nSPS) is 11.3. The number of aryl methyl sites for hydroxylation is 1. The van der Waals surface area contributed by atoms with Crippen molar-refractivity contribution < 1.29 is 19.0 Å². The molecule has 4 rings (SSSR count). The van der Waals surface area contributed by atoms with Gasteiger partial charge in [0, 0.05) is 35.4 Å². The average molecular weight is 628 g/mol. The van der Waals surface area contributed by atoms with Gasteiger partial charge >= 0.3 is 0 Å². The summed E-state index contributed by atoms with van der Waals surface area (Å²) in [4.78, 5) is 18.2. The van der Waals surface area contributed by atoms with Gasteiger partial charge in [-0.15, -0.1) is 0 Å². The molecule has 1 aromatic heterocycles. The number of hydrogen-bond acceptors (Lipinski definition) is 6. The zero-order valence-corrected chi connectivity index (χ0v) is 27.6. The van der Waals surface area contributed by atoms with Crippen molar-refractivity contribution >= 4 is 29.4 Å². The highest BCUT2D eigenvalue weighted by molar-refractivity contribution is 7.99. The Balaban J connectivity index is 1.39. The maximum atomic E-state index is 12.9. The Hall–Kier alpha value is -4.01. The molecule has 0 atom stereocenters. The first-order valence-corrected chi connectivity index (χ1v) is 16.6. The van der Waals surface area contributed by atoms with Crippen LogP contribution in [-0.2, 0) is 16.1 Å². The van der Waals surface area contributed by atoms with Crippen LogP contribution in [0.1, 0.15) is 52.5 Å². The van der Waals surface area contributed by atoms with E-state index < -0.39 is 0 Å². The van der Waals surface area contributed by atoms with Gasteiger partial charge in [-0.1, -0.05) is 64.1 Å². The molecule has 45 heavy (non-hydrogen) atoms. The standard InChI is InChI=1S/C37H45N3O4S/c1-5-7-21-42-22-23-43-33-14-8-29(9-15-33)30-10-18-35(44-26-28(3)4)31(24-30)11-19-36(41)39-32-12-16-34(17-13-32)45-37-25-38-27-40(37)20-6-2/h8-19,24-25,27-28H,5-7,20-23,26H2,1-4H3,(H,39,41)/b19-11+. The van der Waals surface area contributed by atoms with Gasteiger partial charge in [0.25, 0.3) is 0 Å². The Morgan fingerprint density at radius 1 is 0.933 bits per heavy atom. The van der Waals surface area contributed by atoms with E-state index in [-0.39, 0.29) is 5.91 Å². The molecule has 0 bridgehead atoms. The van der Waals surface area contributed by atoms with Crippen molar-refractivity contribution in [2.24, 2.45) is 5.92 Å². The molecule has 3 aromatic carbocycles. The number of nitrogens with zero attached hydrogens (tertiary/aromatic N) is 2. The fourth-order valence-corrected chi connectivity index (χ4v) is 5.32. The maximum Gasteiger partial charge on any atom is 0.248 e. The van der Waals surface area contributed by atoms with Gasteiger partial charge in [-0.3, -0.25) is 4.79 Å². The van der Waals surface area contributed by atoms with Crippen LogP contribution in [-0.4, -0.2) is 41.9 Å². The van der Waals surface area contributed by atoms with Gasteiger partial charge in [-0.05, 0) is 84.5 Å². The fraction of sp³-hybridized carbons (Fsp3) is 0.351. The monoisotopic (exact) mass is 627 g/mol. The molecule has 0 saturated carbocycles. The van der Waals surface area contributed by atoms with Crippen molar-refractivity contribution in [1.82, 2.24) is 9.55 Å². The van der Waals surface area contributed by atoms with Crippen molar-refractivity contribution in [2.45, 2.75) is 63.4 Å². The molecule has 1 amide bonds. The van der Waals surface area contributed by atoms with Crippen LogP contribution in [0.5, 0.6) is 11.5 Å². The zero-order chi connectivity index (χ0) is 31.9. The Bertz CT molecular complexity index is 1500. The highest BCUT2D eigenvalue weighted by Crippen LogP contribution is 2.30. The second-order valence-corrected chi connectivity index (χ2v) is 12.3. The van der Waals surface area contributed by atoms with Crippen LogP contribution in [0, 0.1) is 5.92 Å². The Morgan fingerprint density at radius 3 is 2.44 bits per heavy atom. The summed E-state index contributed by atoms with van der Waals surface area (Å²) < 4.78 is 19.6. The molecule has 1 N–H and O–H groups in total. The van der Waals surface area contributed by atoms with Crippen molar-refractivity contribution in [3.05, 3.63) is 90.9 Å². The summed E-state index contributed by atoms with van der Waals surface area (Å²) in [6, 6.07) is 21.9. The first kappa shape index (κ1) is 33.9. The van der Waals surface area contributed by atoms with Crippen LogP contribution in [0.2, 0.25) is 0 Å². The van der Waals surface area contributed by atoms with Crippen molar-refractivity contribution in [3.63, 3.8) is 0 Å². The van der Waals surface area contributed by atoms with Crippen LogP contribution in [0.4, 0.5) is 5.69 Å². The molecule has 0 radical (unpaired) electrons. The first-order chi connectivity index (χ1) is 21.9. The van der Waals surface area contributed by atoms with Crippen molar-refractivity contribution in [3.8, 4) is 22.6 Å². The van der Waals surface area contributed by atoms with E-state index >= 15 is 0 Å².